The molecule has 1 N–H and O–H groups in total. The molecule has 19 heavy (non-hydrogen) atoms. The molecule has 0 amide bonds. The smallest absolute Gasteiger partial charge is 0.119 e. The van der Waals surface area contributed by atoms with Gasteiger partial charge in [0.2, 0.25) is 0 Å². The van der Waals surface area contributed by atoms with Crippen molar-refractivity contribution in [1.82, 2.24) is 5.32 Å². The molecular formula is C17H27NO. The molecule has 1 aliphatic rings. The maximum atomic E-state index is 5.98. The maximum Gasteiger partial charge on any atom is 0.119 e. The second kappa shape index (κ2) is 7.54. The molecule has 1 aromatic rings. The number of rotatable bonds is 8. The minimum Gasteiger partial charge on any atom is -0.492 e. The highest BCUT2D eigenvalue weighted by Crippen LogP contribution is 2.26. The van der Waals surface area contributed by atoms with Crippen LogP contribution in [0.4, 0.5) is 0 Å². The molecule has 1 aliphatic carbocycles. The highest BCUT2D eigenvalue weighted by Gasteiger charge is 2.12. The molecule has 106 valence electrons. The van der Waals surface area contributed by atoms with E-state index in [2.05, 4.69) is 37.4 Å². The zero-order valence-corrected chi connectivity index (χ0v) is 12.4. The number of fused-ring (bicyclic) bond motifs is 1. The third kappa shape index (κ3) is 4.24. The summed E-state index contributed by atoms with van der Waals surface area (Å²) < 4.78 is 5.98. The summed E-state index contributed by atoms with van der Waals surface area (Å²) in [6.07, 6.45) is 7.33. The number of hydrogen-bond donors (Lipinski definition) is 1. The summed E-state index contributed by atoms with van der Waals surface area (Å²) in [5.74, 6) is 1.04. The van der Waals surface area contributed by atoms with Crippen molar-refractivity contribution in [3.8, 4) is 5.75 Å². The molecule has 0 aromatic heterocycles. The maximum absolute atomic E-state index is 5.98. The van der Waals surface area contributed by atoms with Gasteiger partial charge in [0.05, 0.1) is 0 Å². The molecule has 2 heteroatoms. The van der Waals surface area contributed by atoms with Crippen molar-refractivity contribution in [2.45, 2.75) is 58.4 Å². The van der Waals surface area contributed by atoms with Gasteiger partial charge in [-0.3, -0.25) is 0 Å². The predicted molar refractivity (Wildman–Crippen MR) is 81.0 cm³/mol. The molecule has 0 spiro atoms. The molecule has 2 rings (SSSR count). The normalized spacial score (nSPS) is 15.3. The van der Waals surface area contributed by atoms with Gasteiger partial charge < -0.3 is 10.1 Å². The molecular weight excluding hydrogens is 234 g/mol. The lowest BCUT2D eigenvalue weighted by atomic mass is 10.1. The first-order valence-electron chi connectivity index (χ1n) is 7.81. The van der Waals surface area contributed by atoms with Crippen LogP contribution < -0.4 is 10.1 Å². The van der Waals surface area contributed by atoms with Crippen LogP contribution in [0.3, 0.4) is 0 Å². The number of hydrogen-bond acceptors (Lipinski definition) is 2. The molecule has 0 heterocycles. The lowest BCUT2D eigenvalue weighted by Crippen LogP contribution is -2.35. The summed E-state index contributed by atoms with van der Waals surface area (Å²) in [5, 5.41) is 3.57. The second-order valence-corrected chi connectivity index (χ2v) is 5.53. The Hall–Kier alpha value is -1.02. The van der Waals surface area contributed by atoms with Crippen LogP contribution in [0.1, 0.15) is 50.7 Å². The third-order valence-corrected chi connectivity index (χ3v) is 3.84. The van der Waals surface area contributed by atoms with E-state index in [-0.39, 0.29) is 0 Å². The SMILES string of the molecule is CCCNC(CCC)COc1ccc2c(c1)CCC2. The van der Waals surface area contributed by atoms with Gasteiger partial charge in [-0.2, -0.15) is 0 Å². The van der Waals surface area contributed by atoms with Crippen LogP contribution in [0, 0.1) is 0 Å². The Labute approximate surface area is 117 Å². The van der Waals surface area contributed by atoms with E-state index < -0.39 is 0 Å². The summed E-state index contributed by atoms with van der Waals surface area (Å²) in [7, 11) is 0. The molecule has 0 saturated heterocycles. The van der Waals surface area contributed by atoms with Crippen LogP contribution in [-0.2, 0) is 12.8 Å². The Morgan fingerprint density at radius 1 is 1.16 bits per heavy atom. The van der Waals surface area contributed by atoms with Gasteiger partial charge in [0.25, 0.3) is 0 Å². The van der Waals surface area contributed by atoms with Crippen molar-refractivity contribution in [2.75, 3.05) is 13.2 Å². The van der Waals surface area contributed by atoms with Crippen molar-refractivity contribution in [2.24, 2.45) is 0 Å². The van der Waals surface area contributed by atoms with E-state index in [0.29, 0.717) is 6.04 Å². The van der Waals surface area contributed by atoms with Crippen LogP contribution in [0.25, 0.3) is 0 Å². The summed E-state index contributed by atoms with van der Waals surface area (Å²) in [4.78, 5) is 0. The lowest BCUT2D eigenvalue weighted by molar-refractivity contribution is 0.255. The standard InChI is InChI=1S/C17H27NO/c1-3-6-16(18-11-4-2)13-19-17-10-9-14-7-5-8-15(14)12-17/h9-10,12,16,18H,3-8,11,13H2,1-2H3. The summed E-state index contributed by atoms with van der Waals surface area (Å²) in [6, 6.07) is 7.10. The zero-order valence-electron chi connectivity index (χ0n) is 12.4. The average Bonchev–Trinajstić information content (AvgIpc) is 2.89. The van der Waals surface area contributed by atoms with Crippen molar-refractivity contribution >= 4 is 0 Å². The average molecular weight is 261 g/mol. The Morgan fingerprint density at radius 2 is 2.00 bits per heavy atom. The van der Waals surface area contributed by atoms with Crippen molar-refractivity contribution in [3.63, 3.8) is 0 Å². The molecule has 0 radical (unpaired) electrons. The van der Waals surface area contributed by atoms with Crippen LogP contribution >= 0.6 is 0 Å². The fraction of sp³-hybridized carbons (Fsp3) is 0.647. The zero-order chi connectivity index (χ0) is 13.5. The van der Waals surface area contributed by atoms with Crippen molar-refractivity contribution in [1.29, 1.82) is 0 Å². The number of aryl methyl sites for hydroxylation is 2. The topological polar surface area (TPSA) is 21.3 Å². The molecule has 0 bridgehead atoms. The Morgan fingerprint density at radius 3 is 2.79 bits per heavy atom. The first-order valence-corrected chi connectivity index (χ1v) is 7.81. The van der Waals surface area contributed by atoms with E-state index in [1.807, 2.05) is 0 Å². The molecule has 1 unspecified atom stereocenters. The van der Waals surface area contributed by atoms with Crippen LogP contribution in [0.15, 0.2) is 18.2 Å². The Kier molecular flexibility index (Phi) is 5.71. The van der Waals surface area contributed by atoms with Crippen LogP contribution in [0.5, 0.6) is 5.75 Å². The predicted octanol–water partition coefficient (Wildman–Crippen LogP) is 3.72. The van der Waals surface area contributed by atoms with Crippen molar-refractivity contribution in [3.05, 3.63) is 29.3 Å². The van der Waals surface area contributed by atoms with Gasteiger partial charge in [-0.15, -0.1) is 0 Å². The Balaban J connectivity index is 1.85. The van der Waals surface area contributed by atoms with E-state index in [4.69, 9.17) is 4.74 Å². The van der Waals surface area contributed by atoms with Gasteiger partial charge >= 0.3 is 0 Å². The molecule has 0 fully saturated rings. The summed E-state index contributed by atoms with van der Waals surface area (Å²) in [5.41, 5.74) is 3.01. The third-order valence-electron chi connectivity index (χ3n) is 3.84. The summed E-state index contributed by atoms with van der Waals surface area (Å²) >= 11 is 0. The monoisotopic (exact) mass is 261 g/mol. The first-order chi connectivity index (χ1) is 9.33. The fourth-order valence-corrected chi connectivity index (χ4v) is 2.78. The van der Waals surface area contributed by atoms with Crippen LogP contribution in [-0.4, -0.2) is 19.2 Å². The van der Waals surface area contributed by atoms with Gasteiger partial charge in [-0.25, -0.2) is 0 Å². The lowest BCUT2D eigenvalue weighted by Gasteiger charge is -2.18. The van der Waals surface area contributed by atoms with Crippen molar-refractivity contribution < 1.29 is 4.74 Å². The van der Waals surface area contributed by atoms with Gasteiger partial charge in [0.1, 0.15) is 12.4 Å². The van der Waals surface area contributed by atoms with E-state index in [1.54, 1.807) is 0 Å². The van der Waals surface area contributed by atoms with E-state index >= 15 is 0 Å². The summed E-state index contributed by atoms with van der Waals surface area (Å²) in [6.45, 7) is 6.30. The minimum atomic E-state index is 0.484. The number of ether oxygens (including phenoxy) is 1. The first kappa shape index (κ1) is 14.4. The molecule has 0 saturated carbocycles. The molecule has 1 atom stereocenters. The minimum absolute atomic E-state index is 0.484. The molecule has 0 aliphatic heterocycles. The quantitative estimate of drug-likeness (QED) is 0.770. The molecule has 1 aromatic carbocycles. The van der Waals surface area contributed by atoms with Gasteiger partial charge in [0.15, 0.2) is 0 Å². The Bertz CT molecular complexity index is 389. The number of benzene rings is 1. The van der Waals surface area contributed by atoms with E-state index in [0.717, 1.165) is 18.9 Å². The largest absolute Gasteiger partial charge is 0.492 e. The van der Waals surface area contributed by atoms with Crippen LogP contribution in [0.2, 0.25) is 0 Å². The van der Waals surface area contributed by atoms with Gasteiger partial charge in [0, 0.05) is 6.04 Å². The highest BCUT2D eigenvalue weighted by molar-refractivity contribution is 5.38. The molecule has 2 nitrogen and oxygen atoms in total. The van der Waals surface area contributed by atoms with Gasteiger partial charge in [-0.1, -0.05) is 26.3 Å². The number of nitrogens with one attached hydrogen (secondary N) is 1. The second-order valence-electron chi connectivity index (χ2n) is 5.53. The fourth-order valence-electron chi connectivity index (χ4n) is 2.78. The van der Waals surface area contributed by atoms with E-state index in [1.165, 1.54) is 49.7 Å². The van der Waals surface area contributed by atoms with E-state index in [9.17, 15) is 0 Å². The highest BCUT2D eigenvalue weighted by atomic mass is 16.5. The van der Waals surface area contributed by atoms with Gasteiger partial charge in [-0.05, 0) is 61.9 Å².